The van der Waals surface area contributed by atoms with Crippen molar-refractivity contribution in [3.63, 3.8) is 0 Å². The summed E-state index contributed by atoms with van der Waals surface area (Å²) in [5.41, 5.74) is -6.75. The third kappa shape index (κ3) is 3.13. The lowest BCUT2D eigenvalue weighted by Crippen LogP contribution is -2.84. The van der Waals surface area contributed by atoms with Crippen LogP contribution in [0.3, 0.4) is 0 Å². The van der Waals surface area contributed by atoms with Gasteiger partial charge in [-0.2, -0.15) is 22.2 Å². The van der Waals surface area contributed by atoms with Crippen molar-refractivity contribution in [2.24, 2.45) is 0 Å². The molecule has 1 aliphatic rings. The van der Waals surface area contributed by atoms with Gasteiger partial charge < -0.3 is 0 Å². The van der Waals surface area contributed by atoms with E-state index in [1.807, 2.05) is 0 Å². The highest BCUT2D eigenvalue weighted by Gasteiger charge is 2.83. The molecule has 0 radical (unpaired) electrons. The molecule has 0 spiro atoms. The lowest BCUT2D eigenvalue weighted by molar-refractivity contribution is 1.05. The SMILES string of the molecule is Cl[Si](Cl)(Cl)[Si]1(Cl)CCC[Si](Cl)(Cl)[Si]1(Cl)[Si](Cl)(Cl)Cl. The predicted molar refractivity (Wildman–Crippen MR) is 102 cm³/mol. The average molecular weight is 537 g/mol. The Bertz CT molecular complexity index is 335. The van der Waals surface area contributed by atoms with Gasteiger partial charge in [-0.1, -0.05) is 6.42 Å². The van der Waals surface area contributed by atoms with Crippen molar-refractivity contribution in [3.05, 3.63) is 0 Å². The van der Waals surface area contributed by atoms with Gasteiger partial charge in [0, 0.05) is 0 Å². The number of rotatable bonds is 2. The maximum atomic E-state index is 6.75. The third-order valence-electron chi connectivity index (χ3n) is 2.90. The van der Waals surface area contributed by atoms with Gasteiger partial charge in [0.25, 0.3) is 6.21 Å². The first-order valence-electron chi connectivity index (χ1n) is 4.60. The minimum Gasteiger partial charge on any atom is -0.168 e. The third-order valence-corrected chi connectivity index (χ3v) is 123. The largest absolute Gasteiger partial charge is 0.340 e. The molecular formula is C3H6Cl10Si5. The molecule has 0 aromatic heterocycles. The fraction of sp³-hybridized carbons (Fsp3) is 1.00. The lowest BCUT2D eigenvalue weighted by atomic mass is 10.6. The second kappa shape index (κ2) is 6.13. The van der Waals surface area contributed by atoms with Crippen LogP contribution in [0.1, 0.15) is 6.42 Å². The van der Waals surface area contributed by atoms with Crippen LogP contribution in [-0.4, -0.2) is 29.6 Å². The Morgan fingerprint density at radius 2 is 1.11 bits per heavy atom. The molecule has 1 rings (SSSR count). The second-order valence-corrected chi connectivity index (χ2v) is 70.4. The summed E-state index contributed by atoms with van der Waals surface area (Å²) in [4.78, 5) is 0. The van der Waals surface area contributed by atoms with Gasteiger partial charge in [0.05, 0.1) is 0 Å². The molecule has 2 unspecified atom stereocenters. The first-order valence-corrected chi connectivity index (χ1v) is 29.1. The highest BCUT2D eigenvalue weighted by atomic mass is 35.9. The monoisotopic (exact) mass is 532 g/mol. The van der Waals surface area contributed by atoms with Gasteiger partial charge in [-0.3, -0.25) is 0 Å². The predicted octanol–water partition coefficient (Wildman–Crippen LogP) is 6.30. The summed E-state index contributed by atoms with van der Waals surface area (Å²) in [6, 6.07) is 1.06. The van der Waals surface area contributed by atoms with E-state index in [1.54, 1.807) is 0 Å². The summed E-state index contributed by atoms with van der Waals surface area (Å²) >= 11 is 63.5. The summed E-state index contributed by atoms with van der Waals surface area (Å²) in [5, 5.41) is 0. The van der Waals surface area contributed by atoms with E-state index >= 15 is 0 Å². The van der Waals surface area contributed by atoms with Gasteiger partial charge in [0.2, 0.25) is 12.4 Å². The van der Waals surface area contributed by atoms with E-state index in [9.17, 15) is 0 Å². The Morgan fingerprint density at radius 1 is 0.667 bits per heavy atom. The highest BCUT2D eigenvalue weighted by Crippen LogP contribution is 2.60. The fourth-order valence-electron chi connectivity index (χ4n) is 1.96. The van der Waals surface area contributed by atoms with E-state index in [0.717, 1.165) is 0 Å². The van der Waals surface area contributed by atoms with Crippen molar-refractivity contribution >= 4 is 140 Å². The van der Waals surface area contributed by atoms with Gasteiger partial charge in [0.15, 0.2) is 0 Å². The standard InChI is InChI=1S/C3H6Cl10Si5/c4-14(5)2-1-3-15(6,16(7,8)9)18(14,13)17(10,11)12/h1-3H2. The van der Waals surface area contributed by atoms with Crippen molar-refractivity contribution in [3.8, 4) is 0 Å². The lowest BCUT2D eigenvalue weighted by Gasteiger charge is -2.51. The molecule has 1 fully saturated rings. The fourth-order valence-corrected chi connectivity index (χ4v) is 172. The van der Waals surface area contributed by atoms with Crippen LogP contribution < -0.4 is 0 Å². The summed E-state index contributed by atoms with van der Waals surface area (Å²) < 4.78 is 0. The van der Waals surface area contributed by atoms with E-state index in [1.165, 1.54) is 0 Å². The molecule has 0 aliphatic carbocycles. The zero-order valence-corrected chi connectivity index (χ0v) is 21.0. The van der Waals surface area contributed by atoms with E-state index in [4.69, 9.17) is 111 Å². The van der Waals surface area contributed by atoms with Crippen LogP contribution in [0.15, 0.2) is 0 Å². The minimum absolute atomic E-state index is 0.516. The molecule has 15 heteroatoms. The minimum atomic E-state index is -3.43. The van der Waals surface area contributed by atoms with Crippen molar-refractivity contribution in [1.82, 2.24) is 0 Å². The van der Waals surface area contributed by atoms with Gasteiger partial charge in [0.1, 0.15) is 0 Å². The maximum absolute atomic E-state index is 6.75. The molecule has 1 saturated heterocycles. The molecule has 108 valence electrons. The first-order chi connectivity index (χ1) is 7.71. The Labute approximate surface area is 157 Å². The normalized spacial score (nSPS) is 37.7. The number of hydrogen-bond donors (Lipinski definition) is 0. The van der Waals surface area contributed by atoms with Gasteiger partial charge in [-0.05, 0) is 12.1 Å². The van der Waals surface area contributed by atoms with Crippen molar-refractivity contribution in [2.75, 3.05) is 0 Å². The van der Waals surface area contributed by atoms with E-state index in [2.05, 4.69) is 0 Å². The summed E-state index contributed by atoms with van der Waals surface area (Å²) in [6.45, 7) is 0. The molecule has 0 aromatic rings. The molecule has 1 aliphatic heterocycles. The number of hydrogen-bond acceptors (Lipinski definition) is 0. The molecule has 0 amide bonds. The van der Waals surface area contributed by atoms with Crippen LogP contribution in [0.25, 0.3) is 0 Å². The Kier molecular flexibility index (Phi) is 6.82. The highest BCUT2D eigenvalue weighted by molar-refractivity contribution is 8.34. The smallest absolute Gasteiger partial charge is 0.168 e. The van der Waals surface area contributed by atoms with Crippen molar-refractivity contribution < 1.29 is 0 Å². The van der Waals surface area contributed by atoms with Crippen LogP contribution in [0.5, 0.6) is 0 Å². The maximum Gasteiger partial charge on any atom is 0.340 e. The average Bonchev–Trinajstić information content (AvgIpc) is 2.09. The second-order valence-electron chi connectivity index (χ2n) is 4.01. The molecule has 0 bridgehead atoms. The summed E-state index contributed by atoms with van der Waals surface area (Å²) in [6.07, 6.45) is -5.40. The Hall–Kier alpha value is 3.98. The topological polar surface area (TPSA) is 0 Å². The van der Waals surface area contributed by atoms with Gasteiger partial charge in [-0.25, -0.2) is 0 Å². The Balaban J connectivity index is 3.51. The van der Waals surface area contributed by atoms with Crippen molar-refractivity contribution in [1.29, 1.82) is 0 Å². The zero-order valence-electron chi connectivity index (χ0n) is 8.40. The van der Waals surface area contributed by atoms with Gasteiger partial charge in [-0.15, -0.1) is 88.6 Å². The van der Waals surface area contributed by atoms with Crippen molar-refractivity contribution in [2.45, 2.75) is 18.5 Å². The molecule has 1 heterocycles. The first kappa shape index (κ1) is 20.0. The molecular weight excluding hydrogens is 531 g/mol. The van der Waals surface area contributed by atoms with Crippen LogP contribution in [0.2, 0.25) is 12.1 Å². The molecule has 2 atom stereocenters. The van der Waals surface area contributed by atoms with Gasteiger partial charge >= 0.3 is 11.0 Å². The van der Waals surface area contributed by atoms with E-state index < -0.39 is 29.6 Å². The molecule has 0 saturated carbocycles. The Morgan fingerprint density at radius 3 is 1.39 bits per heavy atom. The molecule has 0 nitrogen and oxygen atoms in total. The van der Waals surface area contributed by atoms with Crippen LogP contribution in [-0.2, 0) is 0 Å². The van der Waals surface area contributed by atoms with E-state index in [-0.39, 0.29) is 0 Å². The quantitative estimate of drug-likeness (QED) is 0.287. The summed E-state index contributed by atoms with van der Waals surface area (Å²) in [7, 11) is 0. The molecule has 18 heavy (non-hydrogen) atoms. The molecule has 0 aromatic carbocycles. The molecule has 0 N–H and O–H groups in total. The number of halogens is 10. The van der Waals surface area contributed by atoms with Crippen LogP contribution >= 0.6 is 111 Å². The summed E-state index contributed by atoms with van der Waals surface area (Å²) in [5.74, 6) is -3.31. The van der Waals surface area contributed by atoms with Crippen LogP contribution in [0.4, 0.5) is 0 Å². The van der Waals surface area contributed by atoms with E-state index in [0.29, 0.717) is 18.5 Å². The zero-order chi connectivity index (χ0) is 14.6. The van der Waals surface area contributed by atoms with Crippen LogP contribution in [0, 0.1) is 0 Å².